The molecule has 0 aromatic carbocycles. The topological polar surface area (TPSA) is 87.8 Å². The first-order valence-electron chi connectivity index (χ1n) is 5.77. The van der Waals surface area contributed by atoms with Gasteiger partial charge in [0.2, 0.25) is 0 Å². The predicted molar refractivity (Wildman–Crippen MR) is 67.2 cm³/mol. The highest BCUT2D eigenvalue weighted by Crippen LogP contribution is 2.11. The van der Waals surface area contributed by atoms with Gasteiger partial charge in [-0.3, -0.25) is 0 Å². The highest BCUT2D eigenvalue weighted by atomic mass is 32.2. The van der Waals surface area contributed by atoms with E-state index in [-0.39, 0.29) is 10.9 Å². The van der Waals surface area contributed by atoms with Gasteiger partial charge in [0.05, 0.1) is 6.07 Å². The number of aryl methyl sites for hydroxylation is 2. The van der Waals surface area contributed by atoms with Crippen molar-refractivity contribution in [1.29, 1.82) is 5.26 Å². The Morgan fingerprint density at radius 3 is 2.56 bits per heavy atom. The zero-order chi connectivity index (χ0) is 13.9. The molecule has 1 aromatic heterocycles. The Kier molecular flexibility index (Phi) is 4.48. The minimum atomic E-state index is -3.73. The quantitative estimate of drug-likeness (QED) is 0.865. The van der Waals surface area contributed by atoms with Crippen molar-refractivity contribution in [3.63, 3.8) is 0 Å². The fraction of sp³-hybridized carbons (Fsp3) is 0.636. The fourth-order valence-electron chi connectivity index (χ4n) is 1.47. The Morgan fingerprint density at radius 2 is 2.17 bits per heavy atom. The van der Waals surface area contributed by atoms with Crippen LogP contribution in [0.25, 0.3) is 0 Å². The SMILES string of the molecule is CCn1cc(S(=O)(=O)NC(C#N)C(C)C)nc1C. The first-order chi connectivity index (χ1) is 8.31. The number of hydrogen-bond acceptors (Lipinski definition) is 4. The van der Waals surface area contributed by atoms with Gasteiger partial charge in [-0.2, -0.15) is 9.98 Å². The van der Waals surface area contributed by atoms with Gasteiger partial charge in [0.25, 0.3) is 10.0 Å². The Bertz CT molecular complexity index is 554. The van der Waals surface area contributed by atoms with Gasteiger partial charge in [0.1, 0.15) is 11.9 Å². The molecule has 0 aliphatic rings. The Balaban J connectivity index is 3.03. The summed E-state index contributed by atoms with van der Waals surface area (Å²) >= 11 is 0. The average molecular weight is 270 g/mol. The van der Waals surface area contributed by atoms with Crippen LogP contribution in [-0.4, -0.2) is 24.0 Å². The van der Waals surface area contributed by atoms with Crippen molar-refractivity contribution in [2.75, 3.05) is 0 Å². The lowest BCUT2D eigenvalue weighted by molar-refractivity contribution is 0.513. The third kappa shape index (κ3) is 3.09. The molecule has 1 rings (SSSR count). The molecule has 100 valence electrons. The summed E-state index contributed by atoms with van der Waals surface area (Å²) in [5.74, 6) is 0.537. The van der Waals surface area contributed by atoms with E-state index in [9.17, 15) is 8.42 Å². The summed E-state index contributed by atoms with van der Waals surface area (Å²) < 4.78 is 28.2. The van der Waals surface area contributed by atoms with E-state index in [1.165, 1.54) is 6.20 Å². The van der Waals surface area contributed by atoms with Crippen LogP contribution < -0.4 is 4.72 Å². The summed E-state index contributed by atoms with van der Waals surface area (Å²) in [5.41, 5.74) is 0. The molecule has 18 heavy (non-hydrogen) atoms. The van der Waals surface area contributed by atoms with Crippen LogP contribution in [0.3, 0.4) is 0 Å². The summed E-state index contributed by atoms with van der Waals surface area (Å²) in [6.07, 6.45) is 1.48. The average Bonchev–Trinajstić information content (AvgIpc) is 2.68. The summed E-state index contributed by atoms with van der Waals surface area (Å²) in [4.78, 5) is 4.00. The van der Waals surface area contributed by atoms with E-state index in [1.807, 2.05) is 13.0 Å². The molecule has 0 bridgehead atoms. The first-order valence-corrected chi connectivity index (χ1v) is 7.25. The van der Waals surface area contributed by atoms with Crippen molar-refractivity contribution in [2.24, 2.45) is 5.92 Å². The molecule has 0 saturated heterocycles. The minimum absolute atomic E-state index is 0.0391. The van der Waals surface area contributed by atoms with Gasteiger partial charge in [-0.05, 0) is 19.8 Å². The molecular formula is C11H18N4O2S. The third-order valence-electron chi connectivity index (χ3n) is 2.66. The van der Waals surface area contributed by atoms with E-state index in [4.69, 9.17) is 5.26 Å². The molecule has 0 aliphatic carbocycles. The van der Waals surface area contributed by atoms with Crippen molar-refractivity contribution in [3.05, 3.63) is 12.0 Å². The van der Waals surface area contributed by atoms with Crippen molar-refractivity contribution < 1.29 is 8.42 Å². The van der Waals surface area contributed by atoms with Crippen LogP contribution in [-0.2, 0) is 16.6 Å². The predicted octanol–water partition coefficient (Wildman–Crippen LogP) is 1.04. The molecule has 6 nitrogen and oxygen atoms in total. The van der Waals surface area contributed by atoms with E-state index in [0.717, 1.165) is 0 Å². The van der Waals surface area contributed by atoms with Gasteiger partial charge in [0.15, 0.2) is 5.03 Å². The molecular weight excluding hydrogens is 252 g/mol. The zero-order valence-corrected chi connectivity index (χ0v) is 11.8. The van der Waals surface area contributed by atoms with Crippen LogP contribution in [0, 0.1) is 24.2 Å². The molecule has 0 fully saturated rings. The number of nitriles is 1. The Morgan fingerprint density at radius 1 is 1.56 bits per heavy atom. The van der Waals surface area contributed by atoms with Crippen molar-refractivity contribution in [1.82, 2.24) is 14.3 Å². The Labute approximate surface area is 108 Å². The molecule has 1 atom stereocenters. The lowest BCUT2D eigenvalue weighted by Gasteiger charge is -2.13. The van der Waals surface area contributed by atoms with Crippen LogP contribution in [0.5, 0.6) is 0 Å². The summed E-state index contributed by atoms with van der Waals surface area (Å²) in [7, 11) is -3.73. The summed E-state index contributed by atoms with van der Waals surface area (Å²) in [6, 6.07) is 1.19. The van der Waals surface area contributed by atoms with Gasteiger partial charge in [-0.15, -0.1) is 0 Å². The van der Waals surface area contributed by atoms with E-state index in [0.29, 0.717) is 12.4 Å². The molecule has 1 heterocycles. The van der Waals surface area contributed by atoms with E-state index >= 15 is 0 Å². The summed E-state index contributed by atoms with van der Waals surface area (Å²) in [5, 5.41) is 8.87. The number of rotatable bonds is 5. The zero-order valence-electron chi connectivity index (χ0n) is 11.0. The fourth-order valence-corrected chi connectivity index (χ4v) is 2.77. The Hall–Kier alpha value is -1.39. The molecule has 0 amide bonds. The highest BCUT2D eigenvalue weighted by molar-refractivity contribution is 7.89. The van der Waals surface area contributed by atoms with Crippen molar-refractivity contribution in [3.8, 4) is 6.07 Å². The second kappa shape index (κ2) is 5.50. The maximum Gasteiger partial charge on any atom is 0.260 e. The monoisotopic (exact) mass is 270 g/mol. The van der Waals surface area contributed by atoms with Crippen molar-refractivity contribution in [2.45, 2.75) is 45.3 Å². The number of hydrogen-bond donors (Lipinski definition) is 1. The molecule has 1 N–H and O–H groups in total. The molecule has 7 heteroatoms. The first kappa shape index (κ1) is 14.7. The van der Waals surface area contributed by atoms with Gasteiger partial charge < -0.3 is 4.57 Å². The molecule has 0 radical (unpaired) electrons. The second-order valence-electron chi connectivity index (χ2n) is 4.38. The second-order valence-corrected chi connectivity index (χ2v) is 6.05. The largest absolute Gasteiger partial charge is 0.334 e. The lowest BCUT2D eigenvalue weighted by atomic mass is 10.1. The number of nitrogens with one attached hydrogen (secondary N) is 1. The van der Waals surface area contributed by atoms with E-state index in [2.05, 4.69) is 9.71 Å². The van der Waals surface area contributed by atoms with Gasteiger partial charge >= 0.3 is 0 Å². The maximum absolute atomic E-state index is 12.0. The van der Waals surface area contributed by atoms with Crippen LogP contribution in [0.2, 0.25) is 0 Å². The van der Waals surface area contributed by atoms with Crippen LogP contribution in [0.4, 0.5) is 0 Å². The normalized spacial score (nSPS) is 13.6. The smallest absolute Gasteiger partial charge is 0.260 e. The summed E-state index contributed by atoms with van der Waals surface area (Å²) in [6.45, 7) is 7.87. The van der Waals surface area contributed by atoms with Crippen molar-refractivity contribution >= 4 is 10.0 Å². The van der Waals surface area contributed by atoms with Gasteiger partial charge in [-0.25, -0.2) is 13.4 Å². The maximum atomic E-state index is 12.0. The van der Waals surface area contributed by atoms with Gasteiger partial charge in [0, 0.05) is 12.7 Å². The standard InChI is InChI=1S/C11H18N4O2S/c1-5-15-7-11(13-9(15)4)18(16,17)14-10(6-12)8(2)3/h7-8,10,14H,5H2,1-4H3. The molecule has 0 spiro atoms. The van der Waals surface area contributed by atoms with E-state index in [1.54, 1.807) is 25.3 Å². The molecule has 0 aliphatic heterocycles. The van der Waals surface area contributed by atoms with E-state index < -0.39 is 16.1 Å². The molecule has 0 saturated carbocycles. The van der Waals surface area contributed by atoms with Gasteiger partial charge in [-0.1, -0.05) is 13.8 Å². The molecule has 1 aromatic rings. The number of nitrogens with zero attached hydrogens (tertiary/aromatic N) is 3. The number of sulfonamides is 1. The minimum Gasteiger partial charge on any atom is -0.334 e. The molecule has 1 unspecified atom stereocenters. The number of imidazole rings is 1. The number of aromatic nitrogens is 2. The lowest BCUT2D eigenvalue weighted by Crippen LogP contribution is -2.37. The van der Waals surface area contributed by atoms with Crippen LogP contribution in [0.1, 0.15) is 26.6 Å². The van der Waals surface area contributed by atoms with Crippen LogP contribution in [0.15, 0.2) is 11.2 Å². The third-order valence-corrected chi connectivity index (χ3v) is 3.97. The highest BCUT2D eigenvalue weighted by Gasteiger charge is 2.24. The van der Waals surface area contributed by atoms with Crippen LogP contribution >= 0.6 is 0 Å².